The maximum absolute atomic E-state index is 13.8. The molecular weight excluding hydrogens is 480 g/mol. The van der Waals surface area contributed by atoms with Gasteiger partial charge < -0.3 is 20.0 Å². The third kappa shape index (κ3) is 5.03. The van der Waals surface area contributed by atoms with Crippen LogP contribution in [0.1, 0.15) is 5.56 Å². The Morgan fingerprint density at radius 2 is 1.79 bits per heavy atom. The summed E-state index contributed by atoms with van der Waals surface area (Å²) < 4.78 is 80.8. The average molecular weight is 496 g/mol. The van der Waals surface area contributed by atoms with Crippen LogP contribution in [-0.4, -0.2) is 27.4 Å². The minimum Gasteiger partial charge on any atom is -0.427 e. The second-order valence-corrected chi connectivity index (χ2v) is 9.26. The predicted molar refractivity (Wildman–Crippen MR) is 115 cm³/mol. The molecule has 0 aliphatic carbocycles. The fourth-order valence-electron chi connectivity index (χ4n) is 3.09. The topological polar surface area (TPSA) is 104 Å². The van der Waals surface area contributed by atoms with Gasteiger partial charge in [0.05, 0.1) is 16.5 Å². The van der Waals surface area contributed by atoms with Crippen LogP contribution in [0.25, 0.3) is 6.20 Å². The number of alkyl halides is 3. The highest BCUT2D eigenvalue weighted by atomic mass is 32.2. The lowest BCUT2D eigenvalue weighted by atomic mass is 10.2. The Kier molecular flexibility index (Phi) is 5.81. The highest BCUT2D eigenvalue weighted by Crippen LogP contribution is 2.32. The summed E-state index contributed by atoms with van der Waals surface area (Å²) in [6.07, 6.45) is -2.00. The maximum Gasteiger partial charge on any atom is 0.416 e. The van der Waals surface area contributed by atoms with Crippen LogP contribution >= 0.6 is 0 Å². The molecule has 0 radical (unpaired) electrons. The van der Waals surface area contributed by atoms with E-state index in [2.05, 4.69) is 15.6 Å². The minimum absolute atomic E-state index is 0.159. The Balaban J connectivity index is 1.46. The number of urea groups is 1. The predicted octanol–water partition coefficient (Wildman–Crippen LogP) is 3.32. The molecule has 0 unspecified atom stereocenters. The van der Waals surface area contributed by atoms with Gasteiger partial charge in [-0.1, -0.05) is 0 Å². The van der Waals surface area contributed by atoms with Gasteiger partial charge in [-0.15, -0.1) is 0 Å². The fraction of sp³-hybridized carbons (Fsp3) is 0.143. The highest BCUT2D eigenvalue weighted by Gasteiger charge is 2.31. The Hall–Kier alpha value is -3.87. The van der Waals surface area contributed by atoms with E-state index in [0.717, 1.165) is 6.26 Å². The zero-order valence-electron chi connectivity index (χ0n) is 17.4. The van der Waals surface area contributed by atoms with Crippen LogP contribution in [0, 0.1) is 5.82 Å². The van der Waals surface area contributed by atoms with Gasteiger partial charge in [-0.05, 0) is 42.5 Å². The van der Waals surface area contributed by atoms with E-state index in [9.17, 15) is 30.8 Å². The van der Waals surface area contributed by atoms with E-state index < -0.39 is 39.1 Å². The number of rotatable bonds is 4. The first-order chi connectivity index (χ1) is 15.9. The molecule has 8 nitrogen and oxygen atoms in total. The summed E-state index contributed by atoms with van der Waals surface area (Å²) in [5, 5.41) is 4.76. The van der Waals surface area contributed by atoms with Crippen molar-refractivity contribution in [1.29, 1.82) is 0 Å². The van der Waals surface area contributed by atoms with Crippen molar-refractivity contribution in [3.63, 3.8) is 0 Å². The largest absolute Gasteiger partial charge is 0.427 e. The summed E-state index contributed by atoms with van der Waals surface area (Å²) in [6.45, 7) is 0.159. The molecule has 0 atom stereocenters. The van der Waals surface area contributed by atoms with E-state index in [1.807, 2.05) is 0 Å². The number of hydrogen-bond acceptors (Lipinski definition) is 6. The number of carbonyl (C=O) groups excluding carboxylic acids is 1. The van der Waals surface area contributed by atoms with Crippen LogP contribution in [0.3, 0.4) is 0 Å². The molecule has 1 aromatic heterocycles. The number of furan rings is 1. The first-order valence-electron chi connectivity index (χ1n) is 9.58. The Bertz CT molecular complexity index is 1480. The van der Waals surface area contributed by atoms with Gasteiger partial charge in [0.1, 0.15) is 12.5 Å². The molecule has 178 valence electrons. The van der Waals surface area contributed by atoms with E-state index in [4.69, 9.17) is 4.42 Å². The average Bonchev–Trinajstić information content (AvgIpc) is 3.19. The number of hydrogen-bond donors (Lipinski definition) is 2. The third-order valence-corrected chi connectivity index (χ3v) is 5.68. The second-order valence-electron chi connectivity index (χ2n) is 7.31. The molecule has 0 fully saturated rings. The van der Waals surface area contributed by atoms with Gasteiger partial charge in [-0.3, -0.25) is 0 Å². The summed E-state index contributed by atoms with van der Waals surface area (Å²) in [6, 6.07) is 8.47. The number of carbonyl (C=O) groups is 1. The van der Waals surface area contributed by atoms with Crippen molar-refractivity contribution in [2.75, 3.05) is 28.5 Å². The SMILES string of the molecule is CS(=O)(=O)c1cc2c(o1)=NCN(c1ccc(NC(=O)Nc3cc(C(F)(F)F)ccc3F)cc1)C=2. The van der Waals surface area contributed by atoms with E-state index >= 15 is 0 Å². The molecule has 2 aromatic carbocycles. The van der Waals surface area contributed by atoms with Gasteiger partial charge in [0.25, 0.3) is 0 Å². The summed E-state index contributed by atoms with van der Waals surface area (Å²) in [5.41, 5.74) is -0.551. The quantitative estimate of drug-likeness (QED) is 0.540. The lowest BCUT2D eigenvalue weighted by molar-refractivity contribution is -0.137. The van der Waals surface area contributed by atoms with Crippen LogP contribution in [-0.2, 0) is 16.0 Å². The number of nitrogens with zero attached hydrogens (tertiary/aromatic N) is 2. The lowest BCUT2D eigenvalue weighted by Crippen LogP contribution is -2.33. The first-order valence-corrected chi connectivity index (χ1v) is 11.5. The van der Waals surface area contributed by atoms with Crippen LogP contribution in [0.15, 0.2) is 63.0 Å². The van der Waals surface area contributed by atoms with Crippen molar-refractivity contribution < 1.29 is 35.2 Å². The van der Waals surface area contributed by atoms with Crippen molar-refractivity contribution in [2.45, 2.75) is 11.3 Å². The number of halogens is 4. The van der Waals surface area contributed by atoms with Gasteiger partial charge in [0.15, 0.2) is 0 Å². The zero-order chi connectivity index (χ0) is 24.7. The molecule has 1 aliphatic heterocycles. The zero-order valence-corrected chi connectivity index (χ0v) is 18.2. The second kappa shape index (κ2) is 8.48. The van der Waals surface area contributed by atoms with Crippen molar-refractivity contribution in [2.24, 2.45) is 4.99 Å². The summed E-state index contributed by atoms with van der Waals surface area (Å²) >= 11 is 0. The van der Waals surface area contributed by atoms with E-state index in [-0.39, 0.29) is 17.3 Å². The van der Waals surface area contributed by atoms with Gasteiger partial charge in [-0.2, -0.15) is 13.2 Å². The third-order valence-electron chi connectivity index (χ3n) is 4.74. The van der Waals surface area contributed by atoms with Crippen LogP contribution < -0.4 is 26.3 Å². The molecule has 0 saturated carbocycles. The number of nitrogens with one attached hydrogen (secondary N) is 2. The van der Waals surface area contributed by atoms with Gasteiger partial charge in [0.2, 0.25) is 20.5 Å². The molecule has 0 saturated heterocycles. The number of benzene rings is 2. The molecule has 2 heterocycles. The minimum atomic E-state index is -4.68. The maximum atomic E-state index is 13.8. The standard InChI is InChI=1S/C21H16F4N4O4S/c1-34(31,32)18-8-12-10-29(11-26-19(12)33-18)15-5-3-14(4-6-15)27-20(30)28-17-9-13(21(23,24)25)2-7-16(17)22/h2-10H,11H2,1H3,(H2,27,28,30). The molecule has 2 N–H and O–H groups in total. The first kappa shape index (κ1) is 23.3. The normalized spacial score (nSPS) is 13.5. The summed E-state index contributed by atoms with van der Waals surface area (Å²) in [4.78, 5) is 18.1. The Morgan fingerprint density at radius 3 is 2.44 bits per heavy atom. The van der Waals surface area contributed by atoms with Gasteiger partial charge >= 0.3 is 12.2 Å². The van der Waals surface area contributed by atoms with Crippen molar-refractivity contribution >= 4 is 39.1 Å². The van der Waals surface area contributed by atoms with E-state index in [1.54, 1.807) is 23.2 Å². The number of anilines is 3. The number of sulfone groups is 1. The van der Waals surface area contributed by atoms with E-state index in [0.29, 0.717) is 34.8 Å². The molecule has 4 rings (SSSR count). The van der Waals surface area contributed by atoms with Gasteiger partial charge in [-0.25, -0.2) is 22.6 Å². The van der Waals surface area contributed by atoms with Crippen molar-refractivity contribution in [3.8, 4) is 0 Å². The van der Waals surface area contributed by atoms with Crippen LogP contribution in [0.2, 0.25) is 0 Å². The van der Waals surface area contributed by atoms with Crippen molar-refractivity contribution in [3.05, 3.63) is 70.7 Å². The lowest BCUT2D eigenvalue weighted by Gasteiger charge is -2.19. The molecular formula is C21H16F4N4O4S. The molecule has 1 aliphatic rings. The summed E-state index contributed by atoms with van der Waals surface area (Å²) in [5.74, 6) is -1.01. The van der Waals surface area contributed by atoms with Crippen LogP contribution in [0.4, 0.5) is 39.4 Å². The molecule has 34 heavy (non-hydrogen) atoms. The van der Waals surface area contributed by atoms with Crippen molar-refractivity contribution in [1.82, 2.24) is 0 Å². The van der Waals surface area contributed by atoms with Gasteiger partial charge in [0, 0.05) is 29.9 Å². The molecule has 0 bridgehead atoms. The monoisotopic (exact) mass is 496 g/mol. The molecule has 13 heteroatoms. The molecule has 0 spiro atoms. The van der Waals surface area contributed by atoms with E-state index in [1.165, 1.54) is 18.2 Å². The number of fused-ring (bicyclic) bond motifs is 1. The smallest absolute Gasteiger partial charge is 0.416 e. The number of amides is 2. The van der Waals surface area contributed by atoms with Crippen LogP contribution in [0.5, 0.6) is 0 Å². The highest BCUT2D eigenvalue weighted by molar-refractivity contribution is 7.90. The Morgan fingerprint density at radius 1 is 1.09 bits per heavy atom. The molecule has 2 amide bonds. The Labute approximate surface area is 190 Å². The summed E-state index contributed by atoms with van der Waals surface area (Å²) in [7, 11) is -3.52. The fourth-order valence-corrected chi connectivity index (χ4v) is 3.67. The molecule has 3 aromatic rings.